The summed E-state index contributed by atoms with van der Waals surface area (Å²) in [7, 11) is 1.63. The first kappa shape index (κ1) is 24.5. The predicted octanol–water partition coefficient (Wildman–Crippen LogP) is 8.99. The standard InChI is InChI=1S/C34H39FO2/c1-22-13-16-34(22)17-14-24-8-9-26(20-31(24)34)37-21-23-7-11-27(29-19-25(36-4)10-12-32(29)35)28(18-23)30-6-5-15-33(30,2)3/h7-12,18-20,22,30H,5-6,13-17,21H2,1-4H3/t22-,30+,34+/m1/s1. The van der Waals surface area contributed by atoms with Gasteiger partial charge in [-0.05, 0) is 119 Å². The number of hydrogen-bond acceptors (Lipinski definition) is 2. The number of hydrogen-bond donors (Lipinski definition) is 0. The van der Waals surface area contributed by atoms with Crippen LogP contribution in [0.15, 0.2) is 54.6 Å². The van der Waals surface area contributed by atoms with Crippen molar-refractivity contribution in [1.29, 1.82) is 0 Å². The molecule has 0 unspecified atom stereocenters. The summed E-state index contributed by atoms with van der Waals surface area (Å²) < 4.78 is 26.9. The lowest BCUT2D eigenvalue weighted by molar-refractivity contribution is 0.138. The molecule has 2 saturated carbocycles. The largest absolute Gasteiger partial charge is 0.497 e. The van der Waals surface area contributed by atoms with Crippen molar-refractivity contribution in [1.82, 2.24) is 0 Å². The van der Waals surface area contributed by atoms with E-state index in [1.165, 1.54) is 61.3 Å². The number of halogens is 1. The van der Waals surface area contributed by atoms with Crippen LogP contribution >= 0.6 is 0 Å². The Morgan fingerprint density at radius 1 is 0.892 bits per heavy atom. The molecule has 37 heavy (non-hydrogen) atoms. The maximum Gasteiger partial charge on any atom is 0.131 e. The van der Waals surface area contributed by atoms with Crippen molar-refractivity contribution < 1.29 is 13.9 Å². The Bertz CT molecular complexity index is 1330. The predicted molar refractivity (Wildman–Crippen MR) is 148 cm³/mol. The zero-order valence-corrected chi connectivity index (χ0v) is 22.7. The summed E-state index contributed by atoms with van der Waals surface area (Å²) in [6, 6.07) is 18.2. The highest BCUT2D eigenvalue weighted by atomic mass is 19.1. The van der Waals surface area contributed by atoms with Crippen molar-refractivity contribution in [3.05, 3.63) is 82.7 Å². The quantitative estimate of drug-likeness (QED) is 0.338. The lowest BCUT2D eigenvalue weighted by atomic mass is 9.58. The van der Waals surface area contributed by atoms with Crippen LogP contribution in [0.5, 0.6) is 11.5 Å². The van der Waals surface area contributed by atoms with E-state index in [-0.39, 0.29) is 11.2 Å². The third-order valence-electron chi connectivity index (χ3n) is 10.0. The molecule has 0 N–H and O–H groups in total. The van der Waals surface area contributed by atoms with Gasteiger partial charge in [-0.3, -0.25) is 0 Å². The molecule has 0 radical (unpaired) electrons. The van der Waals surface area contributed by atoms with Crippen molar-refractivity contribution in [2.24, 2.45) is 11.3 Å². The third-order valence-corrected chi connectivity index (χ3v) is 10.0. The average molecular weight is 499 g/mol. The first-order chi connectivity index (χ1) is 17.8. The molecule has 194 valence electrons. The van der Waals surface area contributed by atoms with Gasteiger partial charge in [0.1, 0.15) is 23.9 Å². The molecule has 0 heterocycles. The topological polar surface area (TPSA) is 18.5 Å². The Balaban J connectivity index is 1.31. The highest BCUT2D eigenvalue weighted by Gasteiger charge is 2.49. The van der Waals surface area contributed by atoms with Gasteiger partial charge in [0, 0.05) is 5.56 Å². The second-order valence-corrected chi connectivity index (χ2v) is 12.4. The van der Waals surface area contributed by atoms with E-state index in [0.717, 1.165) is 29.2 Å². The fourth-order valence-corrected chi connectivity index (χ4v) is 7.52. The van der Waals surface area contributed by atoms with Gasteiger partial charge >= 0.3 is 0 Å². The van der Waals surface area contributed by atoms with Gasteiger partial charge in [0.2, 0.25) is 0 Å². The van der Waals surface area contributed by atoms with Gasteiger partial charge in [-0.15, -0.1) is 0 Å². The Labute approximate surface area is 221 Å². The minimum absolute atomic E-state index is 0.178. The van der Waals surface area contributed by atoms with Crippen LogP contribution in [0.3, 0.4) is 0 Å². The Hall–Kier alpha value is -2.81. The van der Waals surface area contributed by atoms with Crippen LogP contribution in [-0.4, -0.2) is 7.11 Å². The summed E-state index contributed by atoms with van der Waals surface area (Å²) in [6.07, 6.45) is 8.65. The normalized spacial score (nSPS) is 25.6. The SMILES string of the molecule is COc1ccc(F)c(-c2ccc(COc3ccc4c(c3)[C@]3(CC4)CC[C@H]3C)cc2[C@@H]2CCCC2(C)C)c1. The molecule has 3 aromatic rings. The second-order valence-electron chi connectivity index (χ2n) is 12.4. The molecule has 3 atom stereocenters. The summed E-state index contributed by atoms with van der Waals surface area (Å²) >= 11 is 0. The van der Waals surface area contributed by atoms with Crippen LogP contribution in [0.4, 0.5) is 4.39 Å². The van der Waals surface area contributed by atoms with E-state index >= 15 is 4.39 Å². The van der Waals surface area contributed by atoms with Crippen molar-refractivity contribution >= 4 is 0 Å². The van der Waals surface area contributed by atoms with E-state index in [0.29, 0.717) is 29.3 Å². The number of rotatable bonds is 6. The molecule has 3 aliphatic carbocycles. The zero-order chi connectivity index (χ0) is 25.8. The molecule has 2 nitrogen and oxygen atoms in total. The van der Waals surface area contributed by atoms with Crippen LogP contribution in [0, 0.1) is 17.2 Å². The molecule has 0 aliphatic heterocycles. The molecule has 2 fully saturated rings. The summed E-state index contributed by atoms with van der Waals surface area (Å²) in [6.45, 7) is 7.62. The summed E-state index contributed by atoms with van der Waals surface area (Å²) in [5.41, 5.74) is 7.55. The van der Waals surface area contributed by atoms with E-state index in [2.05, 4.69) is 57.2 Å². The van der Waals surface area contributed by atoms with Crippen molar-refractivity contribution in [2.45, 2.75) is 83.7 Å². The molecule has 3 aliphatic rings. The molecule has 0 bridgehead atoms. The lowest BCUT2D eigenvalue weighted by Crippen LogP contribution is -2.40. The van der Waals surface area contributed by atoms with Gasteiger partial charge in [0.25, 0.3) is 0 Å². The van der Waals surface area contributed by atoms with Crippen LogP contribution in [0.2, 0.25) is 0 Å². The van der Waals surface area contributed by atoms with Crippen LogP contribution < -0.4 is 9.47 Å². The lowest BCUT2D eigenvalue weighted by Gasteiger charge is -2.46. The maximum absolute atomic E-state index is 15.1. The second kappa shape index (κ2) is 9.19. The van der Waals surface area contributed by atoms with Gasteiger partial charge in [-0.1, -0.05) is 51.5 Å². The number of benzene rings is 3. The Morgan fingerprint density at radius 3 is 2.43 bits per heavy atom. The first-order valence-electron chi connectivity index (χ1n) is 14.0. The number of methoxy groups -OCH3 is 1. The summed E-state index contributed by atoms with van der Waals surface area (Å²) in [5.74, 6) is 2.58. The number of fused-ring (bicyclic) bond motifs is 2. The molecular formula is C34H39FO2. The molecule has 0 amide bonds. The fourth-order valence-electron chi connectivity index (χ4n) is 7.52. The number of aryl methyl sites for hydroxylation is 1. The van der Waals surface area contributed by atoms with Gasteiger partial charge in [-0.2, -0.15) is 0 Å². The summed E-state index contributed by atoms with van der Waals surface area (Å²) in [4.78, 5) is 0. The van der Waals surface area contributed by atoms with E-state index in [4.69, 9.17) is 9.47 Å². The van der Waals surface area contributed by atoms with Crippen molar-refractivity contribution in [3.63, 3.8) is 0 Å². The van der Waals surface area contributed by atoms with Crippen LogP contribution in [0.1, 0.15) is 87.5 Å². The highest BCUT2D eigenvalue weighted by molar-refractivity contribution is 5.71. The van der Waals surface area contributed by atoms with Gasteiger partial charge in [0.05, 0.1) is 7.11 Å². The molecule has 0 saturated heterocycles. The number of ether oxygens (including phenoxy) is 2. The molecule has 3 aromatic carbocycles. The molecule has 1 spiro atoms. The van der Waals surface area contributed by atoms with E-state index in [1.807, 2.05) is 6.07 Å². The Kier molecular flexibility index (Phi) is 6.09. The minimum Gasteiger partial charge on any atom is -0.497 e. The molecule has 0 aromatic heterocycles. The van der Waals surface area contributed by atoms with Gasteiger partial charge in [-0.25, -0.2) is 4.39 Å². The first-order valence-corrected chi connectivity index (χ1v) is 14.0. The molecular weight excluding hydrogens is 459 g/mol. The molecule has 3 heteroatoms. The monoisotopic (exact) mass is 498 g/mol. The summed E-state index contributed by atoms with van der Waals surface area (Å²) in [5, 5.41) is 0. The maximum atomic E-state index is 15.1. The highest BCUT2D eigenvalue weighted by Crippen LogP contribution is 2.57. The third kappa shape index (κ3) is 4.15. The smallest absolute Gasteiger partial charge is 0.131 e. The zero-order valence-electron chi connectivity index (χ0n) is 22.7. The van der Waals surface area contributed by atoms with Crippen molar-refractivity contribution in [3.8, 4) is 22.6 Å². The van der Waals surface area contributed by atoms with Crippen LogP contribution in [-0.2, 0) is 18.4 Å². The van der Waals surface area contributed by atoms with E-state index in [9.17, 15) is 0 Å². The Morgan fingerprint density at radius 2 is 1.73 bits per heavy atom. The fraction of sp³-hybridized carbons (Fsp3) is 0.471. The average Bonchev–Trinajstić information content (AvgIpc) is 3.47. The van der Waals surface area contributed by atoms with E-state index < -0.39 is 0 Å². The van der Waals surface area contributed by atoms with Crippen molar-refractivity contribution in [2.75, 3.05) is 7.11 Å². The molecule has 6 rings (SSSR count). The van der Waals surface area contributed by atoms with Gasteiger partial charge in [0.15, 0.2) is 0 Å². The van der Waals surface area contributed by atoms with Gasteiger partial charge < -0.3 is 9.47 Å². The van der Waals surface area contributed by atoms with Crippen LogP contribution in [0.25, 0.3) is 11.1 Å². The minimum atomic E-state index is -0.209. The van der Waals surface area contributed by atoms with E-state index in [1.54, 1.807) is 13.2 Å².